The van der Waals surface area contributed by atoms with E-state index in [1.54, 1.807) is 6.07 Å². The first-order valence-corrected chi connectivity index (χ1v) is 10.3. The van der Waals surface area contributed by atoms with Crippen molar-refractivity contribution in [3.05, 3.63) is 27.9 Å². The van der Waals surface area contributed by atoms with E-state index >= 15 is 0 Å². The summed E-state index contributed by atoms with van der Waals surface area (Å²) in [4.78, 5) is 16.1. The number of piperidine rings is 1. The van der Waals surface area contributed by atoms with Crippen molar-refractivity contribution in [3.63, 3.8) is 0 Å². The van der Waals surface area contributed by atoms with Crippen LogP contribution in [-0.4, -0.2) is 55.7 Å². The molecule has 24 heavy (non-hydrogen) atoms. The maximum Gasteiger partial charge on any atom is 0.305 e. The zero-order chi connectivity index (χ0) is 17.2. The van der Waals surface area contributed by atoms with Gasteiger partial charge in [-0.1, -0.05) is 17.8 Å². The number of H-pyrrole nitrogens is 1. The van der Waals surface area contributed by atoms with Crippen molar-refractivity contribution in [2.45, 2.75) is 30.2 Å². The molecule has 0 saturated carbocycles. The standard InChI is InChI=1S/C15H21N3O4S2/c19-10-11-3-1-2-7-18(11)8-6-16-24(21,22)12-4-5-13-14(9-12)23-15(20)17-13/h4-5,9,11,16,19H,1-3,6-8,10H2,(H,17,20)/t11-/m0/s1. The topological polar surface area (TPSA) is 102 Å². The van der Waals surface area contributed by atoms with Crippen LogP contribution in [0, 0.1) is 0 Å². The summed E-state index contributed by atoms with van der Waals surface area (Å²) < 4.78 is 28.1. The summed E-state index contributed by atoms with van der Waals surface area (Å²) in [7, 11) is -3.62. The van der Waals surface area contributed by atoms with Gasteiger partial charge in [0.15, 0.2) is 0 Å². The zero-order valence-electron chi connectivity index (χ0n) is 13.2. The van der Waals surface area contributed by atoms with Gasteiger partial charge in [0.05, 0.1) is 21.7 Å². The fraction of sp³-hybridized carbons (Fsp3) is 0.533. The zero-order valence-corrected chi connectivity index (χ0v) is 14.8. The monoisotopic (exact) mass is 371 g/mol. The summed E-state index contributed by atoms with van der Waals surface area (Å²) in [6.07, 6.45) is 3.13. The van der Waals surface area contributed by atoms with Crippen LogP contribution in [0.4, 0.5) is 0 Å². The summed E-state index contributed by atoms with van der Waals surface area (Å²) >= 11 is 0.993. The number of hydrogen-bond acceptors (Lipinski definition) is 6. The van der Waals surface area contributed by atoms with Crippen LogP contribution in [0.5, 0.6) is 0 Å². The smallest absolute Gasteiger partial charge is 0.305 e. The first-order chi connectivity index (χ1) is 11.5. The number of sulfonamides is 1. The van der Waals surface area contributed by atoms with Crippen molar-refractivity contribution >= 4 is 31.6 Å². The van der Waals surface area contributed by atoms with E-state index in [4.69, 9.17) is 0 Å². The van der Waals surface area contributed by atoms with E-state index in [2.05, 4.69) is 14.6 Å². The molecule has 132 valence electrons. The molecule has 0 bridgehead atoms. The first-order valence-electron chi connectivity index (χ1n) is 7.97. The normalized spacial score (nSPS) is 19.8. The Bertz CT molecular complexity index is 859. The Morgan fingerprint density at radius 1 is 1.38 bits per heavy atom. The lowest BCUT2D eigenvalue weighted by Gasteiger charge is -2.34. The predicted octanol–water partition coefficient (Wildman–Crippen LogP) is 0.715. The van der Waals surface area contributed by atoms with Crippen molar-refractivity contribution in [2.24, 2.45) is 0 Å². The van der Waals surface area contributed by atoms with Crippen LogP contribution in [0.25, 0.3) is 10.2 Å². The minimum Gasteiger partial charge on any atom is -0.395 e. The van der Waals surface area contributed by atoms with Gasteiger partial charge in [0, 0.05) is 19.1 Å². The number of nitrogens with zero attached hydrogens (tertiary/aromatic N) is 1. The van der Waals surface area contributed by atoms with Gasteiger partial charge >= 0.3 is 4.87 Å². The Morgan fingerprint density at radius 3 is 3.00 bits per heavy atom. The third kappa shape index (κ3) is 3.86. The third-order valence-corrected chi connectivity index (χ3v) is 6.66. The number of aliphatic hydroxyl groups excluding tert-OH is 1. The van der Waals surface area contributed by atoms with Crippen LogP contribution in [0.2, 0.25) is 0 Å². The number of likely N-dealkylation sites (tertiary alicyclic amines) is 1. The third-order valence-electron chi connectivity index (χ3n) is 4.35. The van der Waals surface area contributed by atoms with Crippen LogP contribution in [0.3, 0.4) is 0 Å². The molecule has 2 aromatic rings. The highest BCUT2D eigenvalue weighted by Crippen LogP contribution is 2.20. The lowest BCUT2D eigenvalue weighted by Crippen LogP contribution is -2.45. The average molecular weight is 371 g/mol. The summed E-state index contributed by atoms with van der Waals surface area (Å²) in [5.41, 5.74) is 0.642. The number of aromatic amines is 1. The van der Waals surface area contributed by atoms with Gasteiger partial charge in [0.1, 0.15) is 0 Å². The Hall–Kier alpha value is -1.26. The first kappa shape index (κ1) is 17.6. The summed E-state index contributed by atoms with van der Waals surface area (Å²) in [5, 5.41) is 9.39. The number of aliphatic hydroxyl groups is 1. The molecule has 3 N–H and O–H groups in total. The van der Waals surface area contributed by atoms with E-state index in [-0.39, 0.29) is 22.4 Å². The molecule has 1 saturated heterocycles. The van der Waals surface area contributed by atoms with Gasteiger partial charge in [-0.25, -0.2) is 13.1 Å². The highest BCUT2D eigenvalue weighted by atomic mass is 32.2. The molecule has 1 aliphatic heterocycles. The largest absolute Gasteiger partial charge is 0.395 e. The fourth-order valence-corrected chi connectivity index (χ4v) is 4.96. The second-order valence-corrected chi connectivity index (χ2v) is 8.72. The number of aromatic nitrogens is 1. The van der Waals surface area contributed by atoms with Gasteiger partial charge in [-0.15, -0.1) is 0 Å². The Labute approximate surface area is 144 Å². The highest BCUT2D eigenvalue weighted by molar-refractivity contribution is 7.89. The van der Waals surface area contributed by atoms with E-state index in [1.807, 2.05) is 0 Å². The molecule has 1 fully saturated rings. The van der Waals surface area contributed by atoms with Gasteiger partial charge in [0.25, 0.3) is 0 Å². The number of fused-ring (bicyclic) bond motifs is 1. The summed E-state index contributed by atoms with van der Waals surface area (Å²) in [6.45, 7) is 1.86. The van der Waals surface area contributed by atoms with Gasteiger partial charge in [-0.2, -0.15) is 0 Å². The second kappa shape index (κ2) is 7.32. The van der Waals surface area contributed by atoms with Crippen LogP contribution in [0.15, 0.2) is 27.9 Å². The molecule has 0 radical (unpaired) electrons. The van der Waals surface area contributed by atoms with E-state index in [9.17, 15) is 18.3 Å². The molecule has 1 aliphatic rings. The molecule has 0 unspecified atom stereocenters. The van der Waals surface area contributed by atoms with Crippen LogP contribution in [0.1, 0.15) is 19.3 Å². The fourth-order valence-electron chi connectivity index (χ4n) is 3.06. The summed E-state index contributed by atoms with van der Waals surface area (Å²) in [6, 6.07) is 4.73. The molecule has 0 amide bonds. The molecule has 1 aromatic carbocycles. The molecule has 0 spiro atoms. The quantitative estimate of drug-likeness (QED) is 0.694. The van der Waals surface area contributed by atoms with Crippen molar-refractivity contribution in [3.8, 4) is 0 Å². The molecule has 1 aromatic heterocycles. The van der Waals surface area contributed by atoms with Crippen molar-refractivity contribution < 1.29 is 13.5 Å². The number of benzene rings is 1. The molecular formula is C15H21N3O4S2. The SMILES string of the molecule is O=c1[nH]c2ccc(S(=O)(=O)NCCN3CCCC[C@H]3CO)cc2s1. The Balaban J connectivity index is 1.65. The molecule has 3 rings (SSSR count). The minimum absolute atomic E-state index is 0.107. The number of rotatable bonds is 6. The van der Waals surface area contributed by atoms with E-state index in [1.165, 1.54) is 12.1 Å². The van der Waals surface area contributed by atoms with Crippen molar-refractivity contribution in [1.29, 1.82) is 0 Å². The van der Waals surface area contributed by atoms with E-state index in [0.717, 1.165) is 37.1 Å². The van der Waals surface area contributed by atoms with E-state index < -0.39 is 10.0 Å². The number of nitrogens with one attached hydrogen (secondary N) is 2. The Kier molecular flexibility index (Phi) is 5.36. The van der Waals surface area contributed by atoms with Gasteiger partial charge in [-0.05, 0) is 37.6 Å². The second-order valence-electron chi connectivity index (χ2n) is 5.94. The molecule has 0 aliphatic carbocycles. The van der Waals surface area contributed by atoms with Crippen LogP contribution >= 0.6 is 11.3 Å². The molecule has 1 atom stereocenters. The number of hydrogen-bond donors (Lipinski definition) is 3. The lowest BCUT2D eigenvalue weighted by atomic mass is 10.0. The Morgan fingerprint density at radius 2 is 2.21 bits per heavy atom. The maximum atomic E-state index is 12.4. The van der Waals surface area contributed by atoms with Crippen LogP contribution in [-0.2, 0) is 10.0 Å². The predicted molar refractivity (Wildman–Crippen MR) is 93.9 cm³/mol. The highest BCUT2D eigenvalue weighted by Gasteiger charge is 2.22. The minimum atomic E-state index is -3.62. The van der Waals surface area contributed by atoms with Crippen molar-refractivity contribution in [1.82, 2.24) is 14.6 Å². The molecule has 2 heterocycles. The number of thiazole rings is 1. The van der Waals surface area contributed by atoms with E-state index in [0.29, 0.717) is 23.3 Å². The molecule has 7 nitrogen and oxygen atoms in total. The molecule has 9 heteroatoms. The maximum absolute atomic E-state index is 12.4. The van der Waals surface area contributed by atoms with Crippen molar-refractivity contribution in [2.75, 3.05) is 26.2 Å². The van der Waals surface area contributed by atoms with Gasteiger partial charge in [-0.3, -0.25) is 9.69 Å². The van der Waals surface area contributed by atoms with Crippen LogP contribution < -0.4 is 9.60 Å². The average Bonchev–Trinajstić information content (AvgIpc) is 2.94. The summed E-state index contributed by atoms with van der Waals surface area (Å²) in [5.74, 6) is 0. The lowest BCUT2D eigenvalue weighted by molar-refractivity contribution is 0.0923. The van der Waals surface area contributed by atoms with Gasteiger partial charge < -0.3 is 10.1 Å². The van der Waals surface area contributed by atoms with Gasteiger partial charge in [0.2, 0.25) is 10.0 Å². The molecular weight excluding hydrogens is 350 g/mol.